The van der Waals surface area contributed by atoms with Crippen molar-refractivity contribution < 1.29 is 4.39 Å². The largest absolute Gasteiger partial charge is 0.320 e. The molecule has 2 rings (SSSR count). The Bertz CT molecular complexity index is 548. The van der Waals surface area contributed by atoms with E-state index >= 15 is 0 Å². The normalized spacial score (nSPS) is 12.5. The highest BCUT2D eigenvalue weighted by Gasteiger charge is 2.14. The minimum absolute atomic E-state index is 0.353. The van der Waals surface area contributed by atoms with Crippen LogP contribution < -0.4 is 5.73 Å². The van der Waals surface area contributed by atoms with Gasteiger partial charge in [0.2, 0.25) is 0 Å². The van der Waals surface area contributed by atoms with Gasteiger partial charge < -0.3 is 5.73 Å². The Morgan fingerprint density at radius 3 is 2.71 bits per heavy atom. The van der Waals surface area contributed by atoms with Gasteiger partial charge >= 0.3 is 0 Å². The molecule has 1 aromatic carbocycles. The third kappa shape index (κ3) is 2.83. The molecule has 0 bridgehead atoms. The molecule has 1 aromatic heterocycles. The van der Waals surface area contributed by atoms with Crippen molar-refractivity contribution >= 4 is 27.5 Å². The van der Waals surface area contributed by atoms with Crippen molar-refractivity contribution in [2.75, 3.05) is 0 Å². The monoisotopic (exact) mass is 314 g/mol. The van der Waals surface area contributed by atoms with E-state index < -0.39 is 11.9 Å². The molecule has 2 aromatic rings. The lowest BCUT2D eigenvalue weighted by atomic mass is 10.0. The molecule has 5 heteroatoms. The van der Waals surface area contributed by atoms with E-state index in [1.54, 1.807) is 24.5 Å². The van der Waals surface area contributed by atoms with E-state index in [2.05, 4.69) is 20.9 Å². The first kappa shape index (κ1) is 12.5. The number of rotatable bonds is 2. The highest BCUT2D eigenvalue weighted by molar-refractivity contribution is 9.10. The van der Waals surface area contributed by atoms with Gasteiger partial charge in [-0.15, -0.1) is 0 Å². The highest BCUT2D eigenvalue weighted by atomic mass is 79.9. The number of halogens is 3. The first-order chi connectivity index (χ1) is 8.08. The molecule has 0 spiro atoms. The minimum Gasteiger partial charge on any atom is -0.320 e. The zero-order valence-electron chi connectivity index (χ0n) is 8.70. The second-order valence-corrected chi connectivity index (χ2v) is 4.93. The zero-order valence-corrected chi connectivity index (χ0v) is 11.0. The molecule has 0 aliphatic heterocycles. The Kier molecular flexibility index (Phi) is 3.76. The van der Waals surface area contributed by atoms with Crippen molar-refractivity contribution in [2.45, 2.75) is 6.04 Å². The maximum Gasteiger partial charge on any atom is 0.129 e. The van der Waals surface area contributed by atoms with Gasteiger partial charge in [-0.25, -0.2) is 4.39 Å². The Morgan fingerprint density at radius 1 is 1.29 bits per heavy atom. The van der Waals surface area contributed by atoms with Gasteiger partial charge in [-0.1, -0.05) is 17.7 Å². The highest BCUT2D eigenvalue weighted by Crippen LogP contribution is 2.25. The second kappa shape index (κ2) is 5.12. The van der Waals surface area contributed by atoms with Gasteiger partial charge in [-0.05, 0) is 39.7 Å². The number of hydrogen-bond acceptors (Lipinski definition) is 2. The minimum atomic E-state index is -0.558. The zero-order chi connectivity index (χ0) is 12.4. The van der Waals surface area contributed by atoms with Gasteiger partial charge in [-0.3, -0.25) is 4.98 Å². The summed E-state index contributed by atoms with van der Waals surface area (Å²) in [6.07, 6.45) is 3.26. The predicted molar refractivity (Wildman–Crippen MR) is 69.4 cm³/mol. The summed E-state index contributed by atoms with van der Waals surface area (Å²) in [5, 5.41) is 0.353. The first-order valence-corrected chi connectivity index (χ1v) is 6.06. The van der Waals surface area contributed by atoms with Gasteiger partial charge in [-0.2, -0.15) is 0 Å². The number of nitrogens with zero attached hydrogens (tertiary/aromatic N) is 1. The van der Waals surface area contributed by atoms with Crippen molar-refractivity contribution in [1.29, 1.82) is 0 Å². The van der Waals surface area contributed by atoms with Crippen molar-refractivity contribution in [3.8, 4) is 0 Å². The van der Waals surface area contributed by atoms with E-state index in [4.69, 9.17) is 17.3 Å². The molecule has 0 radical (unpaired) electrons. The van der Waals surface area contributed by atoms with E-state index in [9.17, 15) is 4.39 Å². The van der Waals surface area contributed by atoms with E-state index in [1.807, 2.05) is 6.07 Å². The molecular formula is C12H9BrClFN2. The molecule has 17 heavy (non-hydrogen) atoms. The fourth-order valence-corrected chi connectivity index (χ4v) is 2.07. The van der Waals surface area contributed by atoms with Crippen LogP contribution in [0.1, 0.15) is 17.2 Å². The Morgan fingerprint density at radius 2 is 2.06 bits per heavy atom. The van der Waals surface area contributed by atoms with Gasteiger partial charge in [0.15, 0.2) is 0 Å². The van der Waals surface area contributed by atoms with Gasteiger partial charge in [0, 0.05) is 27.5 Å². The quantitative estimate of drug-likeness (QED) is 0.918. The van der Waals surface area contributed by atoms with Gasteiger partial charge in [0.25, 0.3) is 0 Å². The van der Waals surface area contributed by atoms with Crippen LogP contribution in [-0.2, 0) is 0 Å². The third-order valence-electron chi connectivity index (χ3n) is 2.38. The summed E-state index contributed by atoms with van der Waals surface area (Å²) in [4.78, 5) is 4.00. The summed E-state index contributed by atoms with van der Waals surface area (Å²) < 4.78 is 14.5. The summed E-state index contributed by atoms with van der Waals surface area (Å²) in [5.74, 6) is -0.412. The molecule has 0 aliphatic rings. The molecule has 2 N–H and O–H groups in total. The average molecular weight is 316 g/mol. The van der Waals surface area contributed by atoms with Crippen LogP contribution in [0.2, 0.25) is 5.02 Å². The lowest BCUT2D eigenvalue weighted by Crippen LogP contribution is -2.13. The standard InChI is InChI=1S/C12H9BrClFN2/c13-8-3-7(5-17-6-8)12(16)10-2-1-9(14)4-11(10)15/h1-6,12H,16H2. The summed E-state index contributed by atoms with van der Waals surface area (Å²) >= 11 is 8.99. The van der Waals surface area contributed by atoms with Gasteiger partial charge in [0.1, 0.15) is 5.82 Å². The van der Waals surface area contributed by atoms with Crippen LogP contribution in [0.4, 0.5) is 4.39 Å². The number of benzene rings is 1. The first-order valence-electron chi connectivity index (χ1n) is 4.89. The van der Waals surface area contributed by atoms with Gasteiger partial charge in [0.05, 0.1) is 6.04 Å². The van der Waals surface area contributed by atoms with E-state index in [0.29, 0.717) is 10.6 Å². The number of nitrogens with two attached hydrogens (primary N) is 1. The Balaban J connectivity index is 2.40. The summed E-state index contributed by atoms with van der Waals surface area (Å²) in [6, 6.07) is 5.71. The number of aromatic nitrogens is 1. The lowest BCUT2D eigenvalue weighted by Gasteiger charge is -2.13. The molecule has 0 amide bonds. The smallest absolute Gasteiger partial charge is 0.129 e. The predicted octanol–water partition coefficient (Wildman–Crippen LogP) is 3.68. The molecule has 1 atom stereocenters. The van der Waals surface area contributed by atoms with Crippen LogP contribution in [0.25, 0.3) is 0 Å². The Hall–Kier alpha value is -0.970. The second-order valence-electron chi connectivity index (χ2n) is 3.58. The summed E-state index contributed by atoms with van der Waals surface area (Å²) in [5.41, 5.74) is 7.13. The average Bonchev–Trinajstić information content (AvgIpc) is 2.28. The summed E-state index contributed by atoms with van der Waals surface area (Å²) in [6.45, 7) is 0. The van der Waals surface area contributed by atoms with Crippen LogP contribution in [0, 0.1) is 5.82 Å². The van der Waals surface area contributed by atoms with Crippen LogP contribution >= 0.6 is 27.5 Å². The number of pyridine rings is 1. The fraction of sp³-hybridized carbons (Fsp3) is 0.0833. The van der Waals surface area contributed by atoms with Crippen LogP contribution in [-0.4, -0.2) is 4.98 Å². The molecule has 0 aliphatic carbocycles. The molecule has 0 fully saturated rings. The summed E-state index contributed by atoms with van der Waals surface area (Å²) in [7, 11) is 0. The van der Waals surface area contributed by atoms with Crippen molar-refractivity contribution in [2.24, 2.45) is 5.73 Å². The molecule has 0 saturated carbocycles. The maximum atomic E-state index is 13.7. The van der Waals surface area contributed by atoms with E-state index in [-0.39, 0.29) is 0 Å². The van der Waals surface area contributed by atoms with Crippen LogP contribution in [0.15, 0.2) is 41.1 Å². The topological polar surface area (TPSA) is 38.9 Å². The molecule has 0 saturated heterocycles. The van der Waals surface area contributed by atoms with Crippen molar-refractivity contribution in [1.82, 2.24) is 4.98 Å². The van der Waals surface area contributed by atoms with Crippen LogP contribution in [0.3, 0.4) is 0 Å². The maximum absolute atomic E-state index is 13.7. The molecule has 2 nitrogen and oxygen atoms in total. The SMILES string of the molecule is NC(c1cncc(Br)c1)c1ccc(Cl)cc1F. The number of hydrogen-bond donors (Lipinski definition) is 1. The molecule has 1 heterocycles. The molecular weight excluding hydrogens is 307 g/mol. The fourth-order valence-electron chi connectivity index (χ4n) is 1.53. The van der Waals surface area contributed by atoms with E-state index in [0.717, 1.165) is 10.0 Å². The molecule has 1 unspecified atom stereocenters. The van der Waals surface area contributed by atoms with Crippen LogP contribution in [0.5, 0.6) is 0 Å². The van der Waals surface area contributed by atoms with Crippen molar-refractivity contribution in [3.05, 3.63) is 63.1 Å². The van der Waals surface area contributed by atoms with Crippen molar-refractivity contribution in [3.63, 3.8) is 0 Å². The third-order valence-corrected chi connectivity index (χ3v) is 3.05. The van der Waals surface area contributed by atoms with E-state index in [1.165, 1.54) is 6.07 Å². The Labute approximate surface area is 112 Å². The lowest BCUT2D eigenvalue weighted by molar-refractivity contribution is 0.599. The molecule has 88 valence electrons.